The van der Waals surface area contributed by atoms with E-state index in [0.29, 0.717) is 16.9 Å². The number of hydrogen-bond donors (Lipinski definition) is 0. The number of benzene rings is 8. The van der Waals surface area contributed by atoms with Gasteiger partial charge in [-0.3, -0.25) is 15.0 Å². The van der Waals surface area contributed by atoms with Gasteiger partial charge in [0.25, 0.3) is 0 Å². The van der Waals surface area contributed by atoms with Crippen LogP contribution >= 0.6 is 0 Å². The molecule has 66 heavy (non-hydrogen) atoms. The van der Waals surface area contributed by atoms with Crippen molar-refractivity contribution < 1.29 is 28.6 Å². The fourth-order valence-corrected chi connectivity index (χ4v) is 8.93. The molecular weight excluding hydrogens is 985 g/mol. The van der Waals surface area contributed by atoms with E-state index in [-0.39, 0.29) is 42.9 Å². The minimum Gasteiger partial charge on any atom is -0.501 e. The molecule has 8 aromatic carbocycles. The predicted octanol–water partition coefficient (Wildman–Crippen LogP) is 16.2. The Kier molecular flexibility index (Phi) is 11.1. The topological polar surface area (TPSA) is 56.7 Å². The summed E-state index contributed by atoms with van der Waals surface area (Å²) in [5.74, 6) is 1.71. The Morgan fingerprint density at radius 2 is 1.38 bits per heavy atom. The van der Waals surface area contributed by atoms with Gasteiger partial charge in [-0.05, 0) is 111 Å². The molecule has 5 nitrogen and oxygen atoms in total. The van der Waals surface area contributed by atoms with Crippen LogP contribution in [0.2, 0.25) is 0 Å². The number of imidazole rings is 1. The van der Waals surface area contributed by atoms with Crippen molar-refractivity contribution in [2.24, 2.45) is 0 Å². The molecule has 329 valence electrons. The summed E-state index contributed by atoms with van der Waals surface area (Å²) in [5, 5.41) is 6.66. The first-order valence-electron chi connectivity index (χ1n) is 23.9. The van der Waals surface area contributed by atoms with Gasteiger partial charge in [-0.1, -0.05) is 132 Å². The Hall–Kier alpha value is -6.72. The molecule has 0 aliphatic heterocycles. The SMILES string of the molecule is CC(C)(C)c1ccnc(-c2[c-]cccc2)n1.[2H]C([2H])([2H])c1ccc2nc(-c3[c-]ccc4c3oc3cc5c(ccc6ccccc65)cc34)n(-c3c(C(C)C)cc(-c4ccccc4)cc3C(C)C)c2c1.[Ir]. The molecule has 0 fully saturated rings. The third-order valence-corrected chi connectivity index (χ3v) is 12.3. The van der Waals surface area contributed by atoms with Crippen LogP contribution in [-0.2, 0) is 25.5 Å². The number of fused-ring (bicyclic) bond motifs is 7. The molecule has 0 spiro atoms. The zero-order valence-electron chi connectivity index (χ0n) is 41.2. The van der Waals surface area contributed by atoms with E-state index >= 15 is 0 Å². The van der Waals surface area contributed by atoms with E-state index in [9.17, 15) is 0 Å². The number of nitrogens with zero attached hydrogens (tertiary/aromatic N) is 4. The summed E-state index contributed by atoms with van der Waals surface area (Å²) in [7, 11) is 0. The second-order valence-electron chi connectivity index (χ2n) is 18.5. The van der Waals surface area contributed by atoms with Crippen molar-refractivity contribution in [1.29, 1.82) is 0 Å². The number of hydrogen-bond acceptors (Lipinski definition) is 4. The molecule has 3 aromatic heterocycles. The Morgan fingerprint density at radius 3 is 2.11 bits per heavy atom. The molecule has 6 heteroatoms. The monoisotopic (exact) mass is 1040 g/mol. The summed E-state index contributed by atoms with van der Waals surface area (Å²) < 4.78 is 33.9. The van der Waals surface area contributed by atoms with Gasteiger partial charge in [-0.25, -0.2) is 0 Å². The Balaban J connectivity index is 0.000000296. The largest absolute Gasteiger partial charge is 0.501 e. The quantitative estimate of drug-likeness (QED) is 0.123. The van der Waals surface area contributed by atoms with Crippen LogP contribution in [-0.4, -0.2) is 19.5 Å². The molecule has 0 amide bonds. The summed E-state index contributed by atoms with van der Waals surface area (Å²) >= 11 is 0. The zero-order chi connectivity index (χ0) is 47.5. The molecule has 0 N–H and O–H groups in total. The van der Waals surface area contributed by atoms with Crippen LogP contribution < -0.4 is 0 Å². The molecular formula is C60H52IrN4O-2. The maximum atomic E-state index is 8.30. The van der Waals surface area contributed by atoms with Crippen molar-refractivity contribution in [2.75, 3.05) is 0 Å². The van der Waals surface area contributed by atoms with Gasteiger partial charge in [-0.2, -0.15) is 0 Å². The summed E-state index contributed by atoms with van der Waals surface area (Å²) in [4.78, 5) is 14.1. The molecule has 0 bridgehead atoms. The van der Waals surface area contributed by atoms with Gasteiger partial charge in [-0.15, -0.1) is 54.1 Å². The first-order valence-corrected chi connectivity index (χ1v) is 22.4. The van der Waals surface area contributed by atoms with Crippen LogP contribution in [0.4, 0.5) is 0 Å². The average molecular weight is 1040 g/mol. The number of furan rings is 1. The van der Waals surface area contributed by atoms with Crippen LogP contribution in [0, 0.1) is 19.0 Å². The summed E-state index contributed by atoms with van der Waals surface area (Å²) in [6.45, 7) is 13.0. The fraction of sp³-hybridized carbons (Fsp3) is 0.183. The van der Waals surface area contributed by atoms with Crippen molar-refractivity contribution in [3.63, 3.8) is 0 Å². The van der Waals surface area contributed by atoms with Crippen LogP contribution in [0.1, 0.15) is 86.8 Å². The smallest absolute Gasteiger partial charge is 0.121 e. The normalized spacial score (nSPS) is 12.7. The summed E-state index contributed by atoms with van der Waals surface area (Å²) in [6, 6.07) is 57.9. The summed E-state index contributed by atoms with van der Waals surface area (Å²) in [5.41, 5.74) is 11.6. The van der Waals surface area contributed by atoms with Gasteiger partial charge in [0.1, 0.15) is 5.58 Å². The number of aryl methyl sites for hydroxylation is 1. The Bertz CT molecular complexity index is 3630. The van der Waals surface area contributed by atoms with E-state index in [4.69, 9.17) is 13.5 Å². The molecule has 11 rings (SSSR count). The molecule has 0 aliphatic carbocycles. The minimum absolute atomic E-state index is 0. The van der Waals surface area contributed by atoms with E-state index in [1.807, 2.05) is 54.7 Å². The van der Waals surface area contributed by atoms with E-state index < -0.39 is 6.85 Å². The van der Waals surface area contributed by atoms with Crippen LogP contribution in [0.25, 0.3) is 94.1 Å². The third-order valence-electron chi connectivity index (χ3n) is 12.3. The minimum atomic E-state index is -2.28. The molecule has 0 unspecified atom stereocenters. The molecule has 3 heterocycles. The van der Waals surface area contributed by atoms with Crippen LogP contribution in [0.5, 0.6) is 0 Å². The van der Waals surface area contributed by atoms with Crippen molar-refractivity contribution in [1.82, 2.24) is 19.5 Å². The van der Waals surface area contributed by atoms with E-state index in [2.05, 4.69) is 166 Å². The van der Waals surface area contributed by atoms with Gasteiger partial charge in [0.05, 0.1) is 28.3 Å². The van der Waals surface area contributed by atoms with Crippen LogP contribution in [0.3, 0.4) is 0 Å². The fourth-order valence-electron chi connectivity index (χ4n) is 8.93. The van der Waals surface area contributed by atoms with E-state index in [1.165, 1.54) is 10.8 Å². The first kappa shape index (κ1) is 40.8. The molecule has 0 saturated heterocycles. The van der Waals surface area contributed by atoms with Crippen molar-refractivity contribution in [3.8, 4) is 39.6 Å². The third kappa shape index (κ3) is 8.25. The average Bonchev–Trinajstić information content (AvgIpc) is 3.91. The Labute approximate surface area is 405 Å². The standard InChI is InChI=1S/C46H37N2O.C14H15N2.Ir/c1-27(2)37-24-33(30-12-7-6-8-13-30)25-38(28(3)4)44(37)48-42-22-29(5)18-21-41(42)47-46(48)36-17-11-16-35-40-23-32-20-19-31-14-9-10-15-34(31)39(32)26-43(40)49-45(35)36;1-14(2,3)12-9-10-15-13(16-12)11-7-5-4-6-8-11;/h6-16,18-28H,1-5H3;4-7,9-10H,1-3H3;/q2*-1;/i5D3;;. The second-order valence-corrected chi connectivity index (χ2v) is 18.5. The summed E-state index contributed by atoms with van der Waals surface area (Å²) in [6.07, 6.45) is 1.81. The maximum absolute atomic E-state index is 8.30. The van der Waals surface area contributed by atoms with E-state index in [0.717, 1.165) is 83.2 Å². The molecule has 0 saturated carbocycles. The van der Waals surface area contributed by atoms with Gasteiger partial charge >= 0.3 is 0 Å². The zero-order valence-corrected chi connectivity index (χ0v) is 40.6. The molecule has 0 aliphatic rings. The number of rotatable bonds is 6. The van der Waals surface area contributed by atoms with Gasteiger partial charge < -0.3 is 8.98 Å². The van der Waals surface area contributed by atoms with Gasteiger partial charge in [0.15, 0.2) is 0 Å². The van der Waals surface area contributed by atoms with Gasteiger partial charge in [0, 0.05) is 52.6 Å². The molecule has 1 radical (unpaired) electrons. The molecule has 0 atom stereocenters. The molecule has 11 aromatic rings. The second kappa shape index (κ2) is 17.9. The predicted molar refractivity (Wildman–Crippen MR) is 271 cm³/mol. The van der Waals surface area contributed by atoms with Crippen molar-refractivity contribution >= 4 is 54.5 Å². The van der Waals surface area contributed by atoms with Crippen LogP contribution in [0.15, 0.2) is 162 Å². The maximum Gasteiger partial charge on any atom is 0.121 e. The van der Waals surface area contributed by atoms with E-state index in [1.54, 1.807) is 12.1 Å². The van der Waals surface area contributed by atoms with Gasteiger partial charge in [0.2, 0.25) is 0 Å². The first-order chi connectivity index (χ1) is 32.6. The number of aromatic nitrogens is 4. The van der Waals surface area contributed by atoms with Crippen molar-refractivity contribution in [2.45, 2.75) is 72.6 Å². The Morgan fingerprint density at radius 1 is 0.636 bits per heavy atom. The van der Waals surface area contributed by atoms with Crippen molar-refractivity contribution in [3.05, 3.63) is 192 Å².